The zero-order valence-electron chi connectivity index (χ0n) is 39.9. The van der Waals surface area contributed by atoms with Crippen LogP contribution in [-0.4, -0.2) is 58.2 Å². The summed E-state index contributed by atoms with van der Waals surface area (Å²) >= 11 is 0. The number of carboxylic acid groups (broad SMARTS) is 1. The van der Waals surface area contributed by atoms with Gasteiger partial charge >= 0.3 is 35.8 Å². The summed E-state index contributed by atoms with van der Waals surface area (Å²) in [6.07, 6.45) is 9.16. The quantitative estimate of drug-likeness (QED) is 0.115. The van der Waals surface area contributed by atoms with E-state index in [9.17, 15) is 33.9 Å². The molecule has 0 aromatic rings. The monoisotopic (exact) mass is 909 g/mol. The standard InChI is InChI=1S/C55H72O11/c1-18-23-14-29(43-25-9-21(39(23)43)11-27(25)51(60)66-54(3,4)5)37(18)45-30-15-32(42-24-8-20(40(30)42)10-26(24)49(57)58)48(45)47-31-16-33(46(47)38-19(2)50(59)64-53(38)62)44-28-12-22(41(31)44)13-35(28)63-52(61)34-17-36(56)65-55(34,6)7/h18-35,37-48H,8-17H2,1-7H3,(H,57,58). The normalized spacial score (nSPS) is 58.6. The molecule has 2 saturated heterocycles. The maximum atomic E-state index is 14.3. The summed E-state index contributed by atoms with van der Waals surface area (Å²) in [5.74, 6) is 6.59. The van der Waals surface area contributed by atoms with Gasteiger partial charge in [0.25, 0.3) is 0 Å². The summed E-state index contributed by atoms with van der Waals surface area (Å²) in [6, 6.07) is 0. The molecule has 2 heterocycles. The van der Waals surface area contributed by atoms with Crippen LogP contribution in [0.2, 0.25) is 0 Å². The van der Waals surface area contributed by atoms with Gasteiger partial charge in [-0.1, -0.05) is 13.8 Å². The number of hydrogen-bond donors (Lipinski definition) is 1. The maximum absolute atomic E-state index is 14.3. The molecule has 2 aliphatic heterocycles. The number of carbonyl (C=O) groups excluding carboxylic acids is 5. The number of hydrogen-bond acceptors (Lipinski definition) is 10. The largest absolute Gasteiger partial charge is 0.481 e. The molecule has 12 aliphatic carbocycles. The second kappa shape index (κ2) is 13.5. The number of esters is 5. The van der Waals surface area contributed by atoms with Gasteiger partial charge in [-0.25, -0.2) is 0 Å². The van der Waals surface area contributed by atoms with Gasteiger partial charge in [0.1, 0.15) is 23.2 Å². The molecule has 11 nitrogen and oxygen atoms in total. The first-order chi connectivity index (χ1) is 31.3. The van der Waals surface area contributed by atoms with Crippen LogP contribution in [0.5, 0.6) is 0 Å². The highest BCUT2D eigenvalue weighted by Crippen LogP contribution is 2.82. The van der Waals surface area contributed by atoms with Gasteiger partial charge in [-0.3, -0.25) is 28.8 Å². The Balaban J connectivity index is 0.834. The van der Waals surface area contributed by atoms with Crippen LogP contribution in [0.1, 0.15) is 113 Å². The number of rotatable bonds is 7. The molecule has 0 radical (unpaired) electrons. The van der Waals surface area contributed by atoms with Crippen molar-refractivity contribution in [1.29, 1.82) is 0 Å². The van der Waals surface area contributed by atoms with Crippen LogP contribution in [0.15, 0.2) is 0 Å². The Morgan fingerprint density at radius 3 is 1.70 bits per heavy atom. The molecule has 12 bridgehead atoms. The summed E-state index contributed by atoms with van der Waals surface area (Å²) < 4.78 is 23.7. The van der Waals surface area contributed by atoms with E-state index in [-0.39, 0.29) is 77.8 Å². The Morgan fingerprint density at radius 1 is 0.576 bits per heavy atom. The lowest BCUT2D eigenvalue weighted by atomic mass is 9.47. The first-order valence-corrected chi connectivity index (χ1v) is 26.9. The van der Waals surface area contributed by atoms with E-state index >= 15 is 0 Å². The molecule has 14 aliphatic rings. The van der Waals surface area contributed by atoms with E-state index in [1.165, 1.54) is 12.8 Å². The molecule has 12 saturated carbocycles. The van der Waals surface area contributed by atoms with Crippen LogP contribution in [0.3, 0.4) is 0 Å². The molecule has 30 atom stereocenters. The lowest BCUT2D eigenvalue weighted by Gasteiger charge is -2.57. The average Bonchev–Trinajstić information content (AvgIpc) is 4.06. The van der Waals surface area contributed by atoms with Gasteiger partial charge in [-0.2, -0.15) is 0 Å². The van der Waals surface area contributed by atoms with Crippen LogP contribution >= 0.6 is 0 Å². The van der Waals surface area contributed by atoms with Crippen molar-refractivity contribution in [3.8, 4) is 0 Å². The van der Waals surface area contributed by atoms with Crippen molar-refractivity contribution in [1.82, 2.24) is 0 Å². The Bertz CT molecular complexity index is 2210. The predicted octanol–water partition coefficient (Wildman–Crippen LogP) is 7.72. The van der Waals surface area contributed by atoms with Crippen molar-refractivity contribution >= 4 is 35.8 Å². The third kappa shape index (κ3) is 5.23. The van der Waals surface area contributed by atoms with Crippen molar-refractivity contribution in [2.24, 2.45) is 172 Å². The molecule has 66 heavy (non-hydrogen) atoms. The number of carbonyl (C=O) groups is 6. The van der Waals surface area contributed by atoms with Crippen molar-refractivity contribution in [3.63, 3.8) is 0 Å². The first kappa shape index (κ1) is 41.9. The van der Waals surface area contributed by atoms with E-state index < -0.39 is 40.9 Å². The lowest BCUT2D eigenvalue weighted by molar-refractivity contribution is -0.168. The number of cyclic esters (lactones) is 3. The van der Waals surface area contributed by atoms with Crippen LogP contribution in [0.25, 0.3) is 0 Å². The molecule has 11 heteroatoms. The van der Waals surface area contributed by atoms with Crippen molar-refractivity contribution in [2.45, 2.75) is 130 Å². The van der Waals surface area contributed by atoms with Crippen LogP contribution < -0.4 is 0 Å². The minimum absolute atomic E-state index is 0.000497. The van der Waals surface area contributed by atoms with E-state index in [0.29, 0.717) is 112 Å². The Hall–Kier alpha value is -2.98. The van der Waals surface area contributed by atoms with Gasteiger partial charge in [-0.15, -0.1) is 0 Å². The van der Waals surface area contributed by atoms with Gasteiger partial charge in [0.15, 0.2) is 0 Å². The highest BCUT2D eigenvalue weighted by Gasteiger charge is 2.79. The zero-order valence-corrected chi connectivity index (χ0v) is 39.9. The minimum Gasteiger partial charge on any atom is -0.481 e. The molecule has 30 unspecified atom stereocenters. The summed E-state index contributed by atoms with van der Waals surface area (Å²) in [5.41, 5.74) is -1.41. The first-order valence-electron chi connectivity index (χ1n) is 26.9. The topological polar surface area (TPSA) is 160 Å². The number of ether oxygens (including phenoxy) is 4. The van der Waals surface area contributed by atoms with Gasteiger partial charge in [0, 0.05) is 0 Å². The molecule has 14 fully saturated rings. The summed E-state index contributed by atoms with van der Waals surface area (Å²) in [6.45, 7) is 14.1. The Labute approximate surface area is 389 Å². The number of fused-ring (bicyclic) bond motifs is 27. The summed E-state index contributed by atoms with van der Waals surface area (Å²) in [5, 5.41) is 10.6. The highest BCUT2D eigenvalue weighted by atomic mass is 16.6. The Kier molecular flexibility index (Phi) is 8.55. The highest BCUT2D eigenvalue weighted by molar-refractivity contribution is 5.96. The third-order valence-corrected chi connectivity index (χ3v) is 24.4. The Morgan fingerprint density at radius 2 is 1.09 bits per heavy atom. The smallest absolute Gasteiger partial charge is 0.317 e. The lowest BCUT2D eigenvalue weighted by Crippen LogP contribution is -2.55. The second-order valence-electron chi connectivity index (χ2n) is 27.5. The third-order valence-electron chi connectivity index (χ3n) is 24.4. The molecule has 14 rings (SSSR count). The fourth-order valence-electron chi connectivity index (χ4n) is 23.7. The van der Waals surface area contributed by atoms with E-state index in [0.717, 1.165) is 44.9 Å². The van der Waals surface area contributed by atoms with Gasteiger partial charge in [0.2, 0.25) is 0 Å². The number of aliphatic carboxylic acids is 1. The van der Waals surface area contributed by atoms with Crippen molar-refractivity contribution in [3.05, 3.63) is 0 Å². The van der Waals surface area contributed by atoms with Crippen molar-refractivity contribution in [2.75, 3.05) is 0 Å². The average molecular weight is 909 g/mol. The SMILES string of the molecule is CC1C(=O)OC(=O)C1C1C2CC(C3C4CC(OC(=O)C5CC(=O)OC5(C)C)C(C4)C23)C1C1C2CC(C3C4CC(C(=O)O)C(C4)C23)C1C1C(C)C2CC1C1C3CC(CC3C(=O)OC(C)(C)C)C21. The molecule has 0 aromatic carbocycles. The fourth-order valence-corrected chi connectivity index (χ4v) is 23.7. The van der Waals surface area contributed by atoms with E-state index in [1.54, 1.807) is 13.8 Å². The molecule has 1 N–H and O–H groups in total. The van der Waals surface area contributed by atoms with E-state index in [1.807, 2.05) is 27.7 Å². The van der Waals surface area contributed by atoms with Crippen molar-refractivity contribution < 1.29 is 52.8 Å². The van der Waals surface area contributed by atoms with E-state index in [4.69, 9.17) is 18.9 Å². The molecular formula is C55H72O11. The molecular weight excluding hydrogens is 837 g/mol. The predicted molar refractivity (Wildman–Crippen MR) is 233 cm³/mol. The maximum Gasteiger partial charge on any atom is 0.317 e. The minimum atomic E-state index is -0.904. The molecule has 0 spiro atoms. The molecule has 0 amide bonds. The van der Waals surface area contributed by atoms with Crippen LogP contribution in [0.4, 0.5) is 0 Å². The summed E-state index contributed by atoms with van der Waals surface area (Å²) in [4.78, 5) is 80.8. The van der Waals surface area contributed by atoms with Crippen LogP contribution in [0, 0.1) is 172 Å². The van der Waals surface area contributed by atoms with Crippen LogP contribution in [-0.2, 0) is 47.7 Å². The zero-order chi connectivity index (χ0) is 45.7. The van der Waals surface area contributed by atoms with Gasteiger partial charge < -0.3 is 24.1 Å². The summed E-state index contributed by atoms with van der Waals surface area (Å²) in [7, 11) is 0. The number of carboxylic acids is 1. The second-order valence-corrected chi connectivity index (χ2v) is 27.5. The molecule has 358 valence electrons. The van der Waals surface area contributed by atoms with Gasteiger partial charge in [-0.05, 0) is 234 Å². The van der Waals surface area contributed by atoms with Gasteiger partial charge in [0.05, 0.1) is 30.1 Å². The van der Waals surface area contributed by atoms with E-state index in [2.05, 4.69) is 6.92 Å². The molecule has 0 aromatic heterocycles. The fraction of sp³-hybridized carbons (Fsp3) is 0.891.